The number of rotatable bonds is 6. The summed E-state index contributed by atoms with van der Waals surface area (Å²) in [6, 6.07) is 0. The fraction of sp³-hybridized carbons (Fsp3) is 0.667. The lowest BCUT2D eigenvalue weighted by atomic mass is 10.2. The predicted octanol–water partition coefficient (Wildman–Crippen LogP) is 0.0425. The zero-order chi connectivity index (χ0) is 10.3. The molecule has 0 saturated carbocycles. The van der Waals surface area contributed by atoms with Gasteiger partial charge >= 0.3 is 0 Å². The summed E-state index contributed by atoms with van der Waals surface area (Å²) >= 11 is 0. The molecule has 1 atom stereocenters. The Balaban J connectivity index is 3.66. The Hall–Kier alpha value is -0.870. The van der Waals surface area contributed by atoms with Crippen LogP contribution < -0.4 is 11.1 Å². The zero-order valence-corrected chi connectivity index (χ0v) is 8.30. The molecule has 4 nitrogen and oxygen atoms in total. The smallest absolute Gasteiger partial charge is 0.222 e. The summed E-state index contributed by atoms with van der Waals surface area (Å²) in [5.74, 6) is -0.0553. The van der Waals surface area contributed by atoms with Crippen LogP contribution in [0, 0.1) is 0 Å². The Labute approximate surface area is 79.1 Å². The molecule has 0 rings (SSSR count). The molecule has 0 aliphatic heterocycles. The number of hydrogen-bond acceptors (Lipinski definition) is 3. The second kappa shape index (κ2) is 6.62. The quantitative estimate of drug-likeness (QED) is 0.576. The van der Waals surface area contributed by atoms with Gasteiger partial charge in [0, 0.05) is 20.2 Å². The Morgan fingerprint density at radius 3 is 2.69 bits per heavy atom. The van der Waals surface area contributed by atoms with Crippen LogP contribution in [0.4, 0.5) is 0 Å². The van der Waals surface area contributed by atoms with Crippen molar-refractivity contribution < 1.29 is 9.53 Å². The van der Waals surface area contributed by atoms with Gasteiger partial charge in [-0.1, -0.05) is 12.2 Å². The molecule has 0 spiro atoms. The van der Waals surface area contributed by atoms with E-state index in [-0.39, 0.29) is 12.0 Å². The second-order valence-corrected chi connectivity index (χ2v) is 3.03. The summed E-state index contributed by atoms with van der Waals surface area (Å²) in [5.41, 5.74) is 6.29. The van der Waals surface area contributed by atoms with E-state index in [2.05, 4.69) is 11.9 Å². The molecule has 76 valence electrons. The third kappa shape index (κ3) is 6.31. The van der Waals surface area contributed by atoms with Crippen LogP contribution in [0.1, 0.15) is 13.3 Å². The first-order chi connectivity index (χ1) is 6.10. The van der Waals surface area contributed by atoms with Crippen molar-refractivity contribution in [2.24, 2.45) is 5.73 Å². The molecule has 1 amide bonds. The maximum Gasteiger partial charge on any atom is 0.222 e. The van der Waals surface area contributed by atoms with Gasteiger partial charge in [0.05, 0.1) is 12.5 Å². The number of nitrogens with one attached hydrogen (secondary N) is 1. The van der Waals surface area contributed by atoms with Gasteiger partial charge in [-0.05, 0) is 6.92 Å². The fourth-order valence-electron chi connectivity index (χ4n) is 0.791. The van der Waals surface area contributed by atoms with Crippen LogP contribution in [0.2, 0.25) is 0 Å². The summed E-state index contributed by atoms with van der Waals surface area (Å²) < 4.78 is 4.97. The highest BCUT2D eigenvalue weighted by molar-refractivity contribution is 5.76. The highest BCUT2D eigenvalue weighted by atomic mass is 16.5. The molecule has 13 heavy (non-hydrogen) atoms. The molecule has 1 unspecified atom stereocenters. The summed E-state index contributed by atoms with van der Waals surface area (Å²) in [6.07, 6.45) is 0.116. The normalized spacial score (nSPS) is 12.2. The number of nitrogens with two attached hydrogens (primary N) is 1. The van der Waals surface area contributed by atoms with Crippen LogP contribution in [-0.2, 0) is 9.53 Å². The van der Waals surface area contributed by atoms with Gasteiger partial charge < -0.3 is 15.8 Å². The van der Waals surface area contributed by atoms with Crippen LogP contribution in [0.15, 0.2) is 12.2 Å². The van der Waals surface area contributed by atoms with Crippen molar-refractivity contribution in [1.82, 2.24) is 5.32 Å². The lowest BCUT2D eigenvalue weighted by Crippen LogP contribution is -2.32. The highest BCUT2D eigenvalue weighted by Gasteiger charge is 2.10. The minimum Gasteiger partial charge on any atom is -0.380 e. The number of hydrogen-bond donors (Lipinski definition) is 2. The monoisotopic (exact) mass is 186 g/mol. The first-order valence-corrected chi connectivity index (χ1v) is 4.24. The van der Waals surface area contributed by atoms with Gasteiger partial charge in [-0.2, -0.15) is 0 Å². The lowest BCUT2D eigenvalue weighted by molar-refractivity contribution is -0.123. The SMILES string of the molecule is C=C(C)CNC(=O)CC(CN)OC. The van der Waals surface area contributed by atoms with E-state index in [4.69, 9.17) is 10.5 Å². The van der Waals surface area contributed by atoms with Crippen LogP contribution in [0.3, 0.4) is 0 Å². The van der Waals surface area contributed by atoms with Gasteiger partial charge in [0.2, 0.25) is 5.91 Å². The van der Waals surface area contributed by atoms with Crippen molar-refractivity contribution >= 4 is 5.91 Å². The Morgan fingerprint density at radius 1 is 1.69 bits per heavy atom. The molecule has 0 aliphatic carbocycles. The zero-order valence-electron chi connectivity index (χ0n) is 8.30. The Bertz CT molecular complexity index is 176. The molecule has 0 aromatic rings. The predicted molar refractivity (Wildman–Crippen MR) is 52.3 cm³/mol. The number of carbonyl (C=O) groups excluding carboxylic acids is 1. The van der Waals surface area contributed by atoms with Crippen LogP contribution in [0.5, 0.6) is 0 Å². The van der Waals surface area contributed by atoms with E-state index in [9.17, 15) is 4.79 Å². The Kier molecular flexibility index (Phi) is 6.18. The molecule has 0 heterocycles. The standard InChI is InChI=1S/C9H18N2O2/c1-7(2)6-11-9(12)4-8(5-10)13-3/h8H,1,4-6,10H2,2-3H3,(H,11,12). The average Bonchev–Trinajstić information content (AvgIpc) is 2.10. The van der Waals surface area contributed by atoms with Crippen molar-refractivity contribution in [3.05, 3.63) is 12.2 Å². The third-order valence-corrected chi connectivity index (χ3v) is 1.60. The van der Waals surface area contributed by atoms with E-state index in [0.29, 0.717) is 19.5 Å². The first kappa shape index (κ1) is 12.1. The number of methoxy groups -OCH3 is 1. The molecule has 0 saturated heterocycles. The van der Waals surface area contributed by atoms with Crippen molar-refractivity contribution in [3.8, 4) is 0 Å². The molecule has 0 bridgehead atoms. The first-order valence-electron chi connectivity index (χ1n) is 4.24. The van der Waals surface area contributed by atoms with Gasteiger partial charge in [-0.3, -0.25) is 4.79 Å². The molecule has 0 aliphatic rings. The molecule has 0 aromatic heterocycles. The summed E-state index contributed by atoms with van der Waals surface area (Å²) in [7, 11) is 1.55. The van der Waals surface area contributed by atoms with Crippen LogP contribution >= 0.6 is 0 Å². The number of amides is 1. The van der Waals surface area contributed by atoms with E-state index < -0.39 is 0 Å². The third-order valence-electron chi connectivity index (χ3n) is 1.60. The molecule has 0 radical (unpaired) electrons. The van der Waals surface area contributed by atoms with Gasteiger partial charge in [-0.15, -0.1) is 0 Å². The van der Waals surface area contributed by atoms with E-state index in [1.807, 2.05) is 6.92 Å². The van der Waals surface area contributed by atoms with E-state index in [1.165, 1.54) is 0 Å². The molecule has 0 fully saturated rings. The van der Waals surface area contributed by atoms with Crippen LogP contribution in [0.25, 0.3) is 0 Å². The maximum absolute atomic E-state index is 11.2. The molecule has 4 heteroatoms. The highest BCUT2D eigenvalue weighted by Crippen LogP contribution is 1.94. The van der Waals surface area contributed by atoms with Crippen molar-refractivity contribution in [2.75, 3.05) is 20.2 Å². The van der Waals surface area contributed by atoms with Crippen molar-refractivity contribution in [2.45, 2.75) is 19.4 Å². The average molecular weight is 186 g/mol. The second-order valence-electron chi connectivity index (χ2n) is 3.03. The summed E-state index contributed by atoms with van der Waals surface area (Å²) in [5, 5.41) is 2.71. The van der Waals surface area contributed by atoms with Gasteiger partial charge in [0.15, 0.2) is 0 Å². The number of ether oxygens (including phenoxy) is 1. The lowest BCUT2D eigenvalue weighted by Gasteiger charge is -2.12. The summed E-state index contributed by atoms with van der Waals surface area (Å²) in [4.78, 5) is 11.2. The molecular formula is C9H18N2O2. The topological polar surface area (TPSA) is 64.4 Å². The Morgan fingerprint density at radius 2 is 2.31 bits per heavy atom. The fourth-order valence-corrected chi connectivity index (χ4v) is 0.791. The van der Waals surface area contributed by atoms with Crippen LogP contribution in [-0.4, -0.2) is 32.2 Å². The van der Waals surface area contributed by atoms with Gasteiger partial charge in [0.1, 0.15) is 0 Å². The van der Waals surface area contributed by atoms with Gasteiger partial charge in [0.25, 0.3) is 0 Å². The minimum absolute atomic E-state index is 0.0553. The molecule has 0 aromatic carbocycles. The van der Waals surface area contributed by atoms with Crippen molar-refractivity contribution in [3.63, 3.8) is 0 Å². The molecule has 3 N–H and O–H groups in total. The maximum atomic E-state index is 11.2. The van der Waals surface area contributed by atoms with Gasteiger partial charge in [-0.25, -0.2) is 0 Å². The summed E-state index contributed by atoms with van der Waals surface area (Å²) in [6.45, 7) is 6.41. The van der Waals surface area contributed by atoms with E-state index in [0.717, 1.165) is 5.57 Å². The van der Waals surface area contributed by atoms with E-state index in [1.54, 1.807) is 7.11 Å². The van der Waals surface area contributed by atoms with E-state index >= 15 is 0 Å². The van der Waals surface area contributed by atoms with Crippen molar-refractivity contribution in [1.29, 1.82) is 0 Å². The molecular weight excluding hydrogens is 168 g/mol. The number of carbonyl (C=O) groups is 1. The minimum atomic E-state index is -0.190. The largest absolute Gasteiger partial charge is 0.380 e.